The smallest absolute Gasteiger partial charge is 0.354 e. The molecule has 0 aromatic rings. The number of rotatable bonds is 3. The van der Waals surface area contributed by atoms with Crippen molar-refractivity contribution in [1.29, 1.82) is 0 Å². The number of amides is 3. The fourth-order valence-corrected chi connectivity index (χ4v) is 2.97. The van der Waals surface area contributed by atoms with E-state index in [1.807, 2.05) is 0 Å². The molecule has 17 heavy (non-hydrogen) atoms. The Bertz CT molecular complexity index is 337. The van der Waals surface area contributed by atoms with Gasteiger partial charge in [-0.05, 0) is 19.8 Å². The van der Waals surface area contributed by atoms with Crippen LogP contribution >= 0.6 is 7.95 Å². The van der Waals surface area contributed by atoms with E-state index < -0.39 is 19.6 Å². The number of hydrogen-bond acceptors (Lipinski definition) is 5. The summed E-state index contributed by atoms with van der Waals surface area (Å²) in [7, 11) is -2.69. The van der Waals surface area contributed by atoms with Crippen molar-refractivity contribution in [3.63, 3.8) is 0 Å². The molecule has 98 valence electrons. The summed E-state index contributed by atoms with van der Waals surface area (Å²) in [6.45, 7) is 2.48. The molecular weight excluding hydrogens is 245 g/mol. The van der Waals surface area contributed by atoms with Crippen LogP contribution in [0.15, 0.2) is 0 Å². The van der Waals surface area contributed by atoms with Gasteiger partial charge in [-0.25, -0.2) is 21.3 Å². The average molecular weight is 263 g/mol. The summed E-state index contributed by atoms with van der Waals surface area (Å²) in [5, 5.41) is 3.45. The van der Waals surface area contributed by atoms with Gasteiger partial charge in [0.2, 0.25) is 5.91 Å². The van der Waals surface area contributed by atoms with Crippen molar-refractivity contribution >= 4 is 19.9 Å². The van der Waals surface area contributed by atoms with Crippen LogP contribution in [0.5, 0.6) is 0 Å². The van der Waals surface area contributed by atoms with E-state index in [9.17, 15) is 14.2 Å². The number of nitrogens with zero attached hydrogens (tertiary/aromatic N) is 2. The van der Waals surface area contributed by atoms with Crippen molar-refractivity contribution in [1.82, 2.24) is 15.1 Å². The quantitative estimate of drug-likeness (QED) is 0.267. The second kappa shape index (κ2) is 6.00. The van der Waals surface area contributed by atoms with Crippen molar-refractivity contribution in [2.45, 2.75) is 25.4 Å². The summed E-state index contributed by atoms with van der Waals surface area (Å²) in [6.07, 6.45) is 1.20. The van der Waals surface area contributed by atoms with E-state index in [-0.39, 0.29) is 12.5 Å². The Morgan fingerprint density at radius 2 is 2.24 bits per heavy atom. The van der Waals surface area contributed by atoms with E-state index in [1.54, 1.807) is 6.92 Å². The maximum Gasteiger partial charge on any atom is 0.354 e. The summed E-state index contributed by atoms with van der Waals surface area (Å²) < 4.78 is 12.6. The zero-order valence-electron chi connectivity index (χ0n) is 9.68. The fourth-order valence-electron chi connectivity index (χ4n) is 1.54. The summed E-state index contributed by atoms with van der Waals surface area (Å²) in [5.41, 5.74) is -0.715. The van der Waals surface area contributed by atoms with Crippen LogP contribution < -0.4 is 17.0 Å². The van der Waals surface area contributed by atoms with Gasteiger partial charge < -0.3 is 9.88 Å². The molecule has 1 aliphatic rings. The number of piperidine rings is 1. The van der Waals surface area contributed by atoms with Crippen LogP contribution in [0.4, 0.5) is 4.79 Å². The number of urea groups is 1. The molecule has 1 aliphatic heterocycles. The molecule has 0 aromatic carbocycles. The molecule has 1 saturated heterocycles. The first-order chi connectivity index (χ1) is 7.99. The molecule has 0 saturated carbocycles. The highest BCUT2D eigenvalue weighted by molar-refractivity contribution is 7.44. The largest absolute Gasteiger partial charge is 0.355 e. The zero-order chi connectivity index (χ0) is 13.0. The van der Waals surface area contributed by atoms with Crippen LogP contribution in [-0.2, 0) is 9.36 Å². The van der Waals surface area contributed by atoms with Gasteiger partial charge in [-0.1, -0.05) is 0 Å². The maximum atomic E-state index is 12.0. The average Bonchev–Trinajstić information content (AvgIpc) is 2.35. The van der Waals surface area contributed by atoms with Gasteiger partial charge in [-0.2, -0.15) is 0 Å². The lowest BCUT2D eigenvalue weighted by molar-refractivity contribution is -0.121. The highest BCUT2D eigenvalue weighted by Crippen LogP contribution is 2.35. The van der Waals surface area contributed by atoms with Crippen LogP contribution in [0.2, 0.25) is 0 Å². The van der Waals surface area contributed by atoms with Gasteiger partial charge in [-0.3, -0.25) is 9.80 Å². The van der Waals surface area contributed by atoms with Crippen LogP contribution in [0.1, 0.15) is 19.8 Å². The van der Waals surface area contributed by atoms with E-state index in [1.165, 1.54) is 0 Å². The lowest BCUT2D eigenvalue weighted by Gasteiger charge is -2.27. The molecule has 1 heterocycles. The maximum absolute atomic E-state index is 12.0. The highest BCUT2D eigenvalue weighted by atomic mass is 31.1. The van der Waals surface area contributed by atoms with Gasteiger partial charge in [0.05, 0.1) is 0 Å². The summed E-state index contributed by atoms with van der Waals surface area (Å²) in [5.74, 6) is 10.5. The normalized spacial score (nSPS) is 21.6. The highest BCUT2D eigenvalue weighted by Gasteiger charge is 2.33. The molecule has 3 amide bonds. The molecule has 0 aromatic heterocycles. The van der Waals surface area contributed by atoms with Gasteiger partial charge in [0.25, 0.3) is 0 Å². The lowest BCUT2D eigenvalue weighted by Crippen LogP contribution is -2.49. The van der Waals surface area contributed by atoms with Crippen molar-refractivity contribution in [2.24, 2.45) is 11.7 Å². The monoisotopic (exact) mass is 263 g/mol. The summed E-state index contributed by atoms with van der Waals surface area (Å²) in [4.78, 5) is 23.0. The third kappa shape index (κ3) is 3.18. The number of hydrogen-bond donors (Lipinski definition) is 3. The molecule has 9 heteroatoms. The summed E-state index contributed by atoms with van der Waals surface area (Å²) in [6, 6.07) is -0.741. The van der Waals surface area contributed by atoms with Crippen LogP contribution in [-0.4, -0.2) is 40.5 Å². The van der Waals surface area contributed by atoms with Gasteiger partial charge in [0, 0.05) is 13.1 Å². The number of nitrogens with one attached hydrogen (secondary N) is 1. The first-order valence-corrected chi connectivity index (χ1v) is 6.84. The van der Waals surface area contributed by atoms with Crippen LogP contribution in [0, 0.1) is 0 Å². The molecule has 0 radical (unpaired) electrons. The Balaban J connectivity index is 2.68. The third-order valence-corrected chi connectivity index (χ3v) is 4.43. The van der Waals surface area contributed by atoms with Crippen molar-refractivity contribution in [3.8, 4) is 0 Å². The Labute approximate surface area is 100 Å². The molecule has 5 N–H and O–H groups in total. The summed E-state index contributed by atoms with van der Waals surface area (Å²) >= 11 is 0. The Morgan fingerprint density at radius 3 is 2.76 bits per heavy atom. The first kappa shape index (κ1) is 14.0. The molecule has 0 bridgehead atoms. The van der Waals surface area contributed by atoms with E-state index in [4.69, 9.17) is 11.7 Å². The number of carbonyl (C=O) groups is 2. The molecule has 1 fully saturated rings. The minimum absolute atomic E-state index is 0.249. The molecule has 8 nitrogen and oxygen atoms in total. The first-order valence-electron chi connectivity index (χ1n) is 5.41. The Morgan fingerprint density at radius 1 is 1.59 bits per heavy atom. The van der Waals surface area contributed by atoms with Crippen molar-refractivity contribution in [2.75, 3.05) is 13.1 Å². The van der Waals surface area contributed by atoms with E-state index in [0.29, 0.717) is 17.7 Å². The van der Waals surface area contributed by atoms with E-state index >= 15 is 0 Å². The standard InChI is InChI=1S/C8H18N5O3P/c1-2-12(9)8(15)13(10)17(16)6-4-3-5-11-7(6)14/h6,17H,2-5,9-10H2,1H3,(H,11,14)/t6-/m0/s1. The van der Waals surface area contributed by atoms with Gasteiger partial charge in [-0.15, -0.1) is 0 Å². The molecule has 2 atom stereocenters. The minimum atomic E-state index is -2.69. The van der Waals surface area contributed by atoms with E-state index in [2.05, 4.69) is 5.32 Å². The van der Waals surface area contributed by atoms with Crippen molar-refractivity contribution in [3.05, 3.63) is 0 Å². The van der Waals surface area contributed by atoms with Crippen molar-refractivity contribution < 1.29 is 14.2 Å². The third-order valence-electron chi connectivity index (χ3n) is 2.61. The topological polar surface area (TPSA) is 122 Å². The van der Waals surface area contributed by atoms with Gasteiger partial charge in [0.1, 0.15) is 5.66 Å². The van der Waals surface area contributed by atoms with Crippen LogP contribution in [0.3, 0.4) is 0 Å². The molecule has 0 spiro atoms. The van der Waals surface area contributed by atoms with Gasteiger partial charge >= 0.3 is 6.03 Å². The second-order valence-electron chi connectivity index (χ2n) is 3.76. The minimum Gasteiger partial charge on any atom is -0.355 e. The molecule has 1 rings (SSSR count). The molecule has 0 aliphatic carbocycles. The predicted octanol–water partition coefficient (Wildman–Crippen LogP) is -0.769. The molecule has 1 unspecified atom stereocenters. The van der Waals surface area contributed by atoms with Gasteiger partial charge in [0.15, 0.2) is 7.95 Å². The Kier molecular flexibility index (Phi) is 4.92. The van der Waals surface area contributed by atoms with Crippen LogP contribution in [0.25, 0.3) is 0 Å². The second-order valence-corrected chi connectivity index (χ2v) is 5.62. The Hall–Kier alpha value is -1.11. The number of nitrogens with two attached hydrogens (primary N) is 2. The zero-order valence-corrected chi connectivity index (χ0v) is 10.7. The van der Waals surface area contributed by atoms with E-state index in [0.717, 1.165) is 11.4 Å². The number of carbonyl (C=O) groups excluding carboxylic acids is 2. The molecular formula is C8H18N5O3P. The predicted molar refractivity (Wildman–Crippen MR) is 63.0 cm³/mol. The number of hydrazine groups is 2. The SMILES string of the molecule is CCN(N)C(=O)N(N)[PH](=O)[C@H]1CCCNC1=O. The fraction of sp³-hybridized carbons (Fsp3) is 0.750. The lowest BCUT2D eigenvalue weighted by atomic mass is 10.1.